The van der Waals surface area contributed by atoms with Crippen LogP contribution in [-0.2, 0) is 0 Å². The lowest BCUT2D eigenvalue weighted by Crippen LogP contribution is -2.34. The largest absolute Gasteiger partial charge is 0.330 e. The molecule has 0 aliphatic rings. The van der Waals surface area contributed by atoms with Crippen LogP contribution in [0.1, 0.15) is 32.4 Å². The fourth-order valence-electron chi connectivity index (χ4n) is 2.11. The van der Waals surface area contributed by atoms with Crippen molar-refractivity contribution < 1.29 is 0 Å². The standard InChI is InChI=1S/C15H25ClN2/c1-11(2)14(9-17)10-18(4)12(3)13-6-5-7-15(16)8-13/h5-8,11-12,14H,9-10,17H2,1-4H3. The van der Waals surface area contributed by atoms with Crippen LogP contribution < -0.4 is 5.73 Å². The van der Waals surface area contributed by atoms with Gasteiger partial charge in [0.15, 0.2) is 0 Å². The second-order valence-electron chi connectivity index (χ2n) is 5.41. The average Bonchev–Trinajstić information content (AvgIpc) is 2.34. The van der Waals surface area contributed by atoms with Crippen molar-refractivity contribution in [2.24, 2.45) is 17.6 Å². The van der Waals surface area contributed by atoms with Gasteiger partial charge in [0.1, 0.15) is 0 Å². The molecule has 1 aromatic carbocycles. The molecular weight excluding hydrogens is 244 g/mol. The zero-order valence-corrected chi connectivity index (χ0v) is 12.6. The molecule has 0 heterocycles. The molecule has 2 N–H and O–H groups in total. The normalized spacial score (nSPS) is 15.1. The molecule has 0 aromatic heterocycles. The van der Waals surface area contributed by atoms with E-state index >= 15 is 0 Å². The number of rotatable bonds is 6. The van der Waals surface area contributed by atoms with Gasteiger partial charge >= 0.3 is 0 Å². The monoisotopic (exact) mass is 268 g/mol. The molecule has 18 heavy (non-hydrogen) atoms. The van der Waals surface area contributed by atoms with Crippen molar-refractivity contribution in [3.05, 3.63) is 34.9 Å². The Morgan fingerprint density at radius 2 is 1.94 bits per heavy atom. The van der Waals surface area contributed by atoms with Gasteiger partial charge in [-0.05, 0) is 50.0 Å². The molecule has 102 valence electrons. The van der Waals surface area contributed by atoms with E-state index < -0.39 is 0 Å². The lowest BCUT2D eigenvalue weighted by Gasteiger charge is -2.30. The maximum absolute atomic E-state index is 6.04. The molecule has 1 aromatic rings. The minimum absolute atomic E-state index is 0.358. The van der Waals surface area contributed by atoms with E-state index in [0.717, 1.165) is 18.1 Å². The van der Waals surface area contributed by atoms with E-state index in [-0.39, 0.29) is 0 Å². The summed E-state index contributed by atoms with van der Waals surface area (Å²) in [6, 6.07) is 8.44. The minimum atomic E-state index is 0.358. The Morgan fingerprint density at radius 3 is 2.44 bits per heavy atom. The lowest BCUT2D eigenvalue weighted by atomic mass is 9.94. The highest BCUT2D eigenvalue weighted by molar-refractivity contribution is 6.30. The molecule has 0 saturated heterocycles. The summed E-state index contributed by atoms with van der Waals surface area (Å²) in [4.78, 5) is 2.35. The number of hydrogen-bond acceptors (Lipinski definition) is 2. The first-order chi connectivity index (χ1) is 8.45. The Morgan fingerprint density at radius 1 is 1.28 bits per heavy atom. The van der Waals surface area contributed by atoms with Crippen LogP contribution >= 0.6 is 11.6 Å². The molecule has 0 aliphatic heterocycles. The summed E-state index contributed by atoms with van der Waals surface area (Å²) in [5, 5.41) is 0.798. The topological polar surface area (TPSA) is 29.3 Å². The van der Waals surface area contributed by atoms with E-state index in [1.54, 1.807) is 0 Å². The summed E-state index contributed by atoms with van der Waals surface area (Å²) < 4.78 is 0. The third kappa shape index (κ3) is 4.27. The fraction of sp³-hybridized carbons (Fsp3) is 0.600. The van der Waals surface area contributed by atoms with Crippen LogP contribution in [0.15, 0.2) is 24.3 Å². The summed E-state index contributed by atoms with van der Waals surface area (Å²) in [7, 11) is 2.15. The predicted octanol–water partition coefficient (Wildman–Crippen LogP) is 3.56. The molecular formula is C15H25ClN2. The number of nitrogens with two attached hydrogens (primary N) is 1. The Bertz CT molecular complexity index is 365. The van der Waals surface area contributed by atoms with Gasteiger partial charge in [0.25, 0.3) is 0 Å². The zero-order chi connectivity index (χ0) is 13.7. The van der Waals surface area contributed by atoms with E-state index in [1.807, 2.05) is 18.2 Å². The molecule has 2 unspecified atom stereocenters. The van der Waals surface area contributed by atoms with E-state index in [0.29, 0.717) is 17.9 Å². The molecule has 2 atom stereocenters. The second-order valence-corrected chi connectivity index (χ2v) is 5.85. The van der Waals surface area contributed by atoms with Crippen molar-refractivity contribution in [2.45, 2.75) is 26.8 Å². The number of benzene rings is 1. The van der Waals surface area contributed by atoms with E-state index in [2.05, 4.69) is 38.8 Å². The molecule has 2 nitrogen and oxygen atoms in total. The van der Waals surface area contributed by atoms with Gasteiger partial charge in [-0.3, -0.25) is 4.90 Å². The molecule has 3 heteroatoms. The van der Waals surface area contributed by atoms with Crippen LogP contribution in [0.3, 0.4) is 0 Å². The second kappa shape index (κ2) is 7.13. The van der Waals surface area contributed by atoms with Gasteiger partial charge < -0.3 is 5.73 Å². The van der Waals surface area contributed by atoms with Crippen molar-refractivity contribution in [1.29, 1.82) is 0 Å². The molecule has 0 saturated carbocycles. The third-order valence-corrected chi connectivity index (χ3v) is 4.00. The Hall–Kier alpha value is -0.570. The number of halogens is 1. The summed E-state index contributed by atoms with van der Waals surface area (Å²) in [5.41, 5.74) is 7.09. The molecule has 0 spiro atoms. The number of nitrogens with zero attached hydrogens (tertiary/aromatic N) is 1. The van der Waals surface area contributed by atoms with Crippen molar-refractivity contribution in [2.75, 3.05) is 20.1 Å². The van der Waals surface area contributed by atoms with Crippen LogP contribution in [0.4, 0.5) is 0 Å². The van der Waals surface area contributed by atoms with E-state index in [9.17, 15) is 0 Å². The van der Waals surface area contributed by atoms with Gasteiger partial charge in [-0.25, -0.2) is 0 Å². The summed E-state index contributed by atoms with van der Waals surface area (Å²) in [5.74, 6) is 1.15. The van der Waals surface area contributed by atoms with E-state index in [1.165, 1.54) is 5.56 Å². The smallest absolute Gasteiger partial charge is 0.0409 e. The fourth-order valence-corrected chi connectivity index (χ4v) is 2.31. The van der Waals surface area contributed by atoms with Crippen LogP contribution in [0.2, 0.25) is 5.02 Å². The zero-order valence-electron chi connectivity index (χ0n) is 11.9. The van der Waals surface area contributed by atoms with Gasteiger partial charge in [0, 0.05) is 17.6 Å². The van der Waals surface area contributed by atoms with Crippen molar-refractivity contribution in [1.82, 2.24) is 4.90 Å². The first-order valence-electron chi connectivity index (χ1n) is 6.61. The van der Waals surface area contributed by atoms with Crippen LogP contribution in [0, 0.1) is 11.8 Å². The molecule has 0 aliphatic carbocycles. The summed E-state index contributed by atoms with van der Waals surface area (Å²) >= 11 is 6.04. The van der Waals surface area contributed by atoms with Crippen LogP contribution in [-0.4, -0.2) is 25.0 Å². The summed E-state index contributed by atoms with van der Waals surface area (Å²) in [6.45, 7) is 8.43. The maximum atomic E-state index is 6.04. The van der Waals surface area contributed by atoms with Crippen LogP contribution in [0.5, 0.6) is 0 Å². The molecule has 0 fully saturated rings. The highest BCUT2D eigenvalue weighted by Gasteiger charge is 2.18. The Balaban J connectivity index is 2.69. The molecule has 0 bridgehead atoms. The minimum Gasteiger partial charge on any atom is -0.330 e. The van der Waals surface area contributed by atoms with Gasteiger partial charge in [-0.1, -0.05) is 37.6 Å². The molecule has 0 amide bonds. The van der Waals surface area contributed by atoms with E-state index in [4.69, 9.17) is 17.3 Å². The Kier molecular flexibility index (Phi) is 6.13. The van der Waals surface area contributed by atoms with Crippen molar-refractivity contribution in [3.63, 3.8) is 0 Å². The van der Waals surface area contributed by atoms with Crippen LogP contribution in [0.25, 0.3) is 0 Å². The average molecular weight is 269 g/mol. The lowest BCUT2D eigenvalue weighted by molar-refractivity contribution is 0.196. The molecule has 1 rings (SSSR count). The quantitative estimate of drug-likeness (QED) is 0.855. The first-order valence-corrected chi connectivity index (χ1v) is 6.99. The molecule has 0 radical (unpaired) electrons. The van der Waals surface area contributed by atoms with Gasteiger partial charge in [0.2, 0.25) is 0 Å². The van der Waals surface area contributed by atoms with Crippen molar-refractivity contribution in [3.8, 4) is 0 Å². The Labute approximate surface area is 116 Å². The number of hydrogen-bond donors (Lipinski definition) is 1. The highest BCUT2D eigenvalue weighted by Crippen LogP contribution is 2.23. The van der Waals surface area contributed by atoms with Crippen molar-refractivity contribution >= 4 is 11.6 Å². The summed E-state index contributed by atoms with van der Waals surface area (Å²) in [6.07, 6.45) is 0. The van der Waals surface area contributed by atoms with Gasteiger partial charge in [-0.2, -0.15) is 0 Å². The third-order valence-electron chi connectivity index (χ3n) is 3.76. The SMILES string of the molecule is CC(C)C(CN)CN(C)C(C)c1cccc(Cl)c1. The predicted molar refractivity (Wildman–Crippen MR) is 79.9 cm³/mol. The first kappa shape index (κ1) is 15.5. The highest BCUT2D eigenvalue weighted by atomic mass is 35.5. The maximum Gasteiger partial charge on any atom is 0.0409 e. The van der Waals surface area contributed by atoms with Gasteiger partial charge in [-0.15, -0.1) is 0 Å². The van der Waals surface area contributed by atoms with Gasteiger partial charge in [0.05, 0.1) is 0 Å².